The highest BCUT2D eigenvalue weighted by molar-refractivity contribution is 5.96. The van der Waals surface area contributed by atoms with E-state index in [2.05, 4.69) is 403 Å². The first-order valence-corrected chi connectivity index (χ1v) is 36.2. The van der Waals surface area contributed by atoms with Gasteiger partial charge in [-0.15, -0.1) is 0 Å². The summed E-state index contributed by atoms with van der Waals surface area (Å²) in [6.07, 6.45) is 9.22. The van der Waals surface area contributed by atoms with Crippen LogP contribution in [-0.2, 0) is 16.2 Å². The molecule has 3 aliphatic carbocycles. The molecule has 19 rings (SSSR count). The van der Waals surface area contributed by atoms with Crippen LogP contribution in [-0.4, -0.2) is 0 Å². The van der Waals surface area contributed by atoms with Gasteiger partial charge in [-0.05, 0) is 239 Å². The van der Waals surface area contributed by atoms with Gasteiger partial charge in [0.05, 0.1) is 0 Å². The van der Waals surface area contributed by atoms with Crippen molar-refractivity contribution >= 4 is 102 Å². The van der Waals surface area contributed by atoms with E-state index in [1.807, 2.05) is 0 Å². The van der Waals surface area contributed by atoms with Gasteiger partial charge in [-0.25, -0.2) is 0 Å². The molecule has 2 nitrogen and oxygen atoms in total. The summed E-state index contributed by atoms with van der Waals surface area (Å²) in [6.45, 7) is 14.4. The second kappa shape index (κ2) is 23.9. The summed E-state index contributed by atoms with van der Waals surface area (Å²) in [6, 6.07) is 122. The highest BCUT2D eigenvalue weighted by Gasteiger charge is 2.39. The van der Waals surface area contributed by atoms with E-state index in [9.17, 15) is 0 Å². The Morgan fingerprint density at radius 1 is 0.184 bits per heavy atom. The van der Waals surface area contributed by atoms with Crippen LogP contribution >= 0.6 is 0 Å². The summed E-state index contributed by atoms with van der Waals surface area (Å²) in [4.78, 5) is 4.85. The van der Waals surface area contributed by atoms with Gasteiger partial charge in [0.15, 0.2) is 0 Å². The summed E-state index contributed by atoms with van der Waals surface area (Å²) in [5.41, 5.74) is 31.7. The normalized spacial score (nSPS) is 14.1. The van der Waals surface area contributed by atoms with Gasteiger partial charge < -0.3 is 9.80 Å². The standard InChI is InChI=1S/C101H76N2/c1-99(2)93-55-65(23-25-67-29-51-89-91-53-47-85(63-97(91)100(3,4)95(89)57-67)102(83-45-39-71-17-9-13-21-77(71)61-83)81-41-35-73(36-42-81)79-33-31-69-15-7-11-19-75(69)59-79)27-49-87(93)88-50-28-66(56-94(88)99)24-26-68-30-52-90-92-54-48-86(64-98(92)101(5,6)96(90)58-68)103(84-46-40-72-18-10-14-22-78(72)62-84)82-43-37-74(38-44-82)80-34-32-70-16-8-12-20-76(70)60-80/h7-64H,1-6H3. The van der Waals surface area contributed by atoms with Gasteiger partial charge in [0.1, 0.15) is 0 Å². The minimum atomic E-state index is -0.230. The topological polar surface area (TPSA) is 6.48 Å². The van der Waals surface area contributed by atoms with E-state index >= 15 is 0 Å². The quantitative estimate of drug-likeness (QED) is 0.113. The van der Waals surface area contributed by atoms with E-state index in [-0.39, 0.29) is 16.2 Å². The Hall–Kier alpha value is -12.4. The fourth-order valence-electron chi connectivity index (χ4n) is 17.2. The molecule has 3 aliphatic rings. The van der Waals surface area contributed by atoms with E-state index in [1.54, 1.807) is 0 Å². The molecule has 103 heavy (non-hydrogen) atoms. The number of fused-ring (bicyclic) bond motifs is 13. The largest absolute Gasteiger partial charge is 0.310 e. The SMILES string of the molecule is CC1(C)c2cc(C=Cc3ccc4c(c3)C(C)(C)c3cc(N(c5ccc(-c6ccc7ccccc7c6)cc5)c5ccc6ccccc6c5)ccc3-4)ccc2-c2ccc(C=Cc3ccc4c(c3)C(C)(C)c3cc(N(c5ccc(-c6ccc7ccccc7c6)cc5)c5ccc6ccccc6c5)ccc3-4)cc21. The Labute approximate surface area is 604 Å². The minimum Gasteiger partial charge on any atom is -0.310 e. The Morgan fingerprint density at radius 3 is 0.718 bits per heavy atom. The second-order valence-corrected chi connectivity index (χ2v) is 30.2. The highest BCUT2D eigenvalue weighted by Crippen LogP contribution is 2.55. The summed E-state index contributed by atoms with van der Waals surface area (Å²) in [5, 5.41) is 9.90. The van der Waals surface area contributed by atoms with Crippen LogP contribution in [0.5, 0.6) is 0 Å². The average molecular weight is 1320 g/mol. The smallest absolute Gasteiger partial charge is 0.0468 e. The molecule has 0 radical (unpaired) electrons. The van der Waals surface area contributed by atoms with Crippen molar-refractivity contribution < 1.29 is 0 Å². The first kappa shape index (κ1) is 61.7. The van der Waals surface area contributed by atoms with Gasteiger partial charge in [0, 0.05) is 50.4 Å². The van der Waals surface area contributed by atoms with Gasteiger partial charge in [-0.3, -0.25) is 0 Å². The summed E-state index contributed by atoms with van der Waals surface area (Å²) in [5.74, 6) is 0. The number of anilines is 6. The molecule has 490 valence electrons. The van der Waals surface area contributed by atoms with Crippen molar-refractivity contribution in [3.05, 3.63) is 383 Å². The summed E-state index contributed by atoms with van der Waals surface area (Å²) < 4.78 is 0. The maximum atomic E-state index is 2.44. The molecule has 0 fully saturated rings. The molecule has 0 N–H and O–H groups in total. The molecule has 0 aromatic heterocycles. The Morgan fingerprint density at radius 2 is 0.408 bits per heavy atom. The zero-order chi connectivity index (χ0) is 69.3. The molecular formula is C101H76N2. The van der Waals surface area contributed by atoms with Crippen molar-refractivity contribution in [2.24, 2.45) is 0 Å². The van der Waals surface area contributed by atoms with Crippen molar-refractivity contribution in [1.29, 1.82) is 0 Å². The van der Waals surface area contributed by atoms with Gasteiger partial charge in [-0.2, -0.15) is 0 Å². The number of nitrogens with zero attached hydrogens (tertiary/aromatic N) is 2. The molecule has 0 bridgehead atoms. The third-order valence-electron chi connectivity index (χ3n) is 22.9. The molecule has 0 heterocycles. The van der Waals surface area contributed by atoms with Crippen molar-refractivity contribution in [1.82, 2.24) is 0 Å². The average Bonchev–Trinajstić information content (AvgIpc) is 1.59. The third-order valence-corrected chi connectivity index (χ3v) is 22.9. The van der Waals surface area contributed by atoms with E-state index < -0.39 is 0 Å². The zero-order valence-electron chi connectivity index (χ0n) is 58.9. The molecule has 0 saturated carbocycles. The molecule has 16 aromatic rings. The predicted octanol–water partition coefficient (Wildman–Crippen LogP) is 27.8. The number of rotatable bonds is 12. The molecule has 2 heteroatoms. The third kappa shape index (κ3) is 10.5. The van der Waals surface area contributed by atoms with E-state index in [0.717, 1.165) is 34.1 Å². The van der Waals surface area contributed by atoms with Crippen molar-refractivity contribution in [3.8, 4) is 55.6 Å². The second-order valence-electron chi connectivity index (χ2n) is 30.2. The van der Waals surface area contributed by atoms with E-state index in [1.165, 1.54) is 154 Å². The molecule has 0 amide bonds. The fraction of sp³-hybridized carbons (Fsp3) is 0.0891. The van der Waals surface area contributed by atoms with Crippen LogP contribution in [0.3, 0.4) is 0 Å². The van der Waals surface area contributed by atoms with Crippen molar-refractivity contribution in [3.63, 3.8) is 0 Å². The van der Waals surface area contributed by atoms with Crippen LogP contribution in [0.1, 0.15) is 97.2 Å². The molecule has 0 spiro atoms. The van der Waals surface area contributed by atoms with Crippen molar-refractivity contribution in [2.75, 3.05) is 9.80 Å². The Bertz CT molecular complexity index is 5830. The van der Waals surface area contributed by atoms with E-state index in [0.29, 0.717) is 0 Å². The van der Waals surface area contributed by atoms with Gasteiger partial charge in [0.2, 0.25) is 0 Å². The van der Waals surface area contributed by atoms with Gasteiger partial charge in [0.25, 0.3) is 0 Å². The van der Waals surface area contributed by atoms with Crippen molar-refractivity contribution in [2.45, 2.75) is 57.8 Å². The maximum Gasteiger partial charge on any atom is 0.0468 e. The fourth-order valence-corrected chi connectivity index (χ4v) is 17.2. The van der Waals surface area contributed by atoms with Crippen LogP contribution in [0.15, 0.2) is 328 Å². The summed E-state index contributed by atoms with van der Waals surface area (Å²) in [7, 11) is 0. The molecular weight excluding hydrogens is 1240 g/mol. The zero-order valence-corrected chi connectivity index (χ0v) is 58.9. The predicted molar refractivity (Wildman–Crippen MR) is 440 cm³/mol. The number of hydrogen-bond acceptors (Lipinski definition) is 2. The first-order chi connectivity index (χ1) is 50.2. The molecule has 0 aliphatic heterocycles. The first-order valence-electron chi connectivity index (χ1n) is 36.2. The molecule has 16 aromatic carbocycles. The van der Waals surface area contributed by atoms with Crippen LogP contribution in [0, 0.1) is 0 Å². The molecule has 0 atom stereocenters. The van der Waals surface area contributed by atoms with Gasteiger partial charge >= 0.3 is 0 Å². The molecule has 0 saturated heterocycles. The maximum absolute atomic E-state index is 2.44. The van der Waals surface area contributed by atoms with Crippen LogP contribution in [0.25, 0.3) is 123 Å². The lowest BCUT2D eigenvalue weighted by Crippen LogP contribution is -2.16. The van der Waals surface area contributed by atoms with Crippen LogP contribution < -0.4 is 9.80 Å². The van der Waals surface area contributed by atoms with Crippen LogP contribution in [0.4, 0.5) is 34.1 Å². The Balaban J connectivity index is 0.563. The van der Waals surface area contributed by atoms with E-state index in [4.69, 9.17) is 0 Å². The lowest BCUT2D eigenvalue weighted by atomic mass is 9.81. The number of benzene rings is 16. The van der Waals surface area contributed by atoms with Gasteiger partial charge in [-0.1, -0.05) is 309 Å². The Kier molecular flexibility index (Phi) is 14.3. The lowest BCUT2D eigenvalue weighted by molar-refractivity contribution is 0.660. The lowest BCUT2D eigenvalue weighted by Gasteiger charge is -2.28. The van der Waals surface area contributed by atoms with Crippen LogP contribution in [0.2, 0.25) is 0 Å². The number of hydrogen-bond donors (Lipinski definition) is 0. The summed E-state index contributed by atoms with van der Waals surface area (Å²) >= 11 is 0. The minimum absolute atomic E-state index is 0.181. The monoisotopic (exact) mass is 1320 g/mol. The molecule has 0 unspecified atom stereocenters. The highest BCUT2D eigenvalue weighted by atomic mass is 15.1.